The highest BCUT2D eigenvalue weighted by Crippen LogP contribution is 2.24. The zero-order chi connectivity index (χ0) is 16.9. The molecule has 2 aliphatic rings. The van der Waals surface area contributed by atoms with Crippen LogP contribution in [0.5, 0.6) is 0 Å². The number of rotatable bonds is 3. The van der Waals surface area contributed by atoms with Crippen LogP contribution in [-0.4, -0.2) is 48.2 Å². The first-order chi connectivity index (χ1) is 11.6. The molecule has 2 fully saturated rings. The fourth-order valence-corrected chi connectivity index (χ4v) is 3.95. The third-order valence-electron chi connectivity index (χ3n) is 5.64. The molecule has 0 radical (unpaired) electrons. The molecular formula is C20H30N2O2. The Hall–Kier alpha value is -1.55. The van der Waals surface area contributed by atoms with Crippen molar-refractivity contribution in [3.05, 3.63) is 29.8 Å². The molecule has 1 amide bonds. The summed E-state index contributed by atoms with van der Waals surface area (Å²) in [5, 5.41) is 9.62. The summed E-state index contributed by atoms with van der Waals surface area (Å²) < 4.78 is 0. The molecule has 1 heterocycles. The molecule has 1 aromatic carbocycles. The zero-order valence-corrected chi connectivity index (χ0v) is 14.8. The van der Waals surface area contributed by atoms with Gasteiger partial charge >= 0.3 is 0 Å². The van der Waals surface area contributed by atoms with E-state index >= 15 is 0 Å². The van der Waals surface area contributed by atoms with E-state index in [9.17, 15) is 9.90 Å². The first-order valence-corrected chi connectivity index (χ1v) is 9.45. The van der Waals surface area contributed by atoms with Crippen LogP contribution in [0.2, 0.25) is 0 Å². The Balaban J connectivity index is 1.62. The van der Waals surface area contributed by atoms with Gasteiger partial charge in [0.1, 0.15) is 0 Å². The zero-order valence-electron chi connectivity index (χ0n) is 14.8. The number of carbonyl (C=O) groups is 1. The molecule has 3 rings (SSSR count). The maximum absolute atomic E-state index is 12.8. The van der Waals surface area contributed by atoms with Gasteiger partial charge < -0.3 is 14.9 Å². The van der Waals surface area contributed by atoms with Crippen molar-refractivity contribution in [2.45, 2.75) is 63.5 Å². The monoisotopic (exact) mass is 330 g/mol. The molecule has 1 N–H and O–H groups in total. The van der Waals surface area contributed by atoms with Crippen molar-refractivity contribution in [1.82, 2.24) is 4.90 Å². The molecule has 1 saturated heterocycles. The van der Waals surface area contributed by atoms with Gasteiger partial charge in [-0.05, 0) is 49.9 Å². The van der Waals surface area contributed by atoms with Crippen LogP contribution in [-0.2, 0) is 0 Å². The van der Waals surface area contributed by atoms with Crippen molar-refractivity contribution in [3.63, 3.8) is 0 Å². The lowest BCUT2D eigenvalue weighted by Crippen LogP contribution is -2.37. The van der Waals surface area contributed by atoms with Crippen molar-refractivity contribution in [3.8, 4) is 0 Å². The molecule has 0 bridgehead atoms. The van der Waals surface area contributed by atoms with Gasteiger partial charge in [-0.2, -0.15) is 0 Å². The second-order valence-electron chi connectivity index (χ2n) is 7.33. The Bertz CT molecular complexity index is 527. The van der Waals surface area contributed by atoms with Gasteiger partial charge in [-0.15, -0.1) is 0 Å². The summed E-state index contributed by atoms with van der Waals surface area (Å²) in [6.07, 6.45) is 8.85. The van der Waals surface area contributed by atoms with Crippen molar-refractivity contribution >= 4 is 11.6 Å². The molecule has 0 aromatic heterocycles. The summed E-state index contributed by atoms with van der Waals surface area (Å²) in [5.74, 6) is 0.141. The molecular weight excluding hydrogens is 300 g/mol. The third kappa shape index (κ3) is 4.10. The first kappa shape index (κ1) is 17.3. The molecule has 132 valence electrons. The SMILES string of the molecule is CN(C(=O)c1ccc(N2CCC(O)CC2)cc1)C1CCCCCC1. The summed E-state index contributed by atoms with van der Waals surface area (Å²) in [6, 6.07) is 8.40. The molecule has 4 heteroatoms. The molecule has 1 aliphatic heterocycles. The summed E-state index contributed by atoms with van der Waals surface area (Å²) in [4.78, 5) is 17.0. The van der Waals surface area contributed by atoms with Gasteiger partial charge in [0.2, 0.25) is 0 Å². The van der Waals surface area contributed by atoms with E-state index < -0.39 is 0 Å². The highest BCUT2D eigenvalue weighted by atomic mass is 16.3. The number of hydrogen-bond donors (Lipinski definition) is 1. The van der Waals surface area contributed by atoms with Crippen LogP contribution >= 0.6 is 0 Å². The van der Waals surface area contributed by atoms with E-state index in [0.29, 0.717) is 6.04 Å². The predicted molar refractivity (Wildman–Crippen MR) is 97.5 cm³/mol. The minimum absolute atomic E-state index is 0.141. The molecule has 1 aromatic rings. The van der Waals surface area contributed by atoms with Crippen LogP contribution < -0.4 is 4.90 Å². The topological polar surface area (TPSA) is 43.8 Å². The molecule has 1 aliphatic carbocycles. The van der Waals surface area contributed by atoms with Crippen LogP contribution in [0.15, 0.2) is 24.3 Å². The van der Waals surface area contributed by atoms with Crippen LogP contribution in [0.3, 0.4) is 0 Å². The molecule has 0 unspecified atom stereocenters. The Labute approximate surface area is 145 Å². The number of piperidine rings is 1. The Kier molecular flexibility index (Phi) is 5.77. The largest absolute Gasteiger partial charge is 0.393 e. The molecule has 4 nitrogen and oxygen atoms in total. The number of aliphatic hydroxyl groups excluding tert-OH is 1. The van der Waals surface area contributed by atoms with E-state index in [1.807, 2.05) is 36.2 Å². The van der Waals surface area contributed by atoms with E-state index in [4.69, 9.17) is 0 Å². The number of amides is 1. The lowest BCUT2D eigenvalue weighted by molar-refractivity contribution is 0.0717. The van der Waals surface area contributed by atoms with E-state index in [-0.39, 0.29) is 12.0 Å². The predicted octanol–water partition coefficient (Wildman–Crippen LogP) is 3.44. The summed E-state index contributed by atoms with van der Waals surface area (Å²) in [5.41, 5.74) is 1.93. The number of hydrogen-bond acceptors (Lipinski definition) is 3. The average Bonchev–Trinajstić information content (AvgIpc) is 2.91. The van der Waals surface area contributed by atoms with E-state index in [0.717, 1.165) is 50.0 Å². The van der Waals surface area contributed by atoms with E-state index in [2.05, 4.69) is 4.90 Å². The fraction of sp³-hybridized carbons (Fsp3) is 0.650. The molecule has 0 spiro atoms. The van der Waals surface area contributed by atoms with Crippen molar-refractivity contribution in [1.29, 1.82) is 0 Å². The van der Waals surface area contributed by atoms with Gasteiger partial charge in [-0.3, -0.25) is 4.79 Å². The second kappa shape index (κ2) is 8.02. The van der Waals surface area contributed by atoms with Crippen LogP contribution in [0.1, 0.15) is 61.7 Å². The fourth-order valence-electron chi connectivity index (χ4n) is 3.95. The lowest BCUT2D eigenvalue weighted by Gasteiger charge is -2.31. The lowest BCUT2D eigenvalue weighted by atomic mass is 10.0. The standard InChI is InChI=1S/C20H30N2O2/c1-21(17-6-4-2-3-5-7-17)20(24)16-8-10-18(11-9-16)22-14-12-19(23)13-15-22/h8-11,17,19,23H,2-7,12-15H2,1H3. The number of nitrogens with zero attached hydrogens (tertiary/aromatic N) is 2. The average molecular weight is 330 g/mol. The van der Waals surface area contributed by atoms with Gasteiger partial charge in [0.05, 0.1) is 6.10 Å². The van der Waals surface area contributed by atoms with Gasteiger partial charge in [0.15, 0.2) is 0 Å². The van der Waals surface area contributed by atoms with Gasteiger partial charge in [0, 0.05) is 37.4 Å². The number of aliphatic hydroxyl groups is 1. The van der Waals surface area contributed by atoms with E-state index in [1.165, 1.54) is 25.7 Å². The van der Waals surface area contributed by atoms with Crippen LogP contribution in [0.4, 0.5) is 5.69 Å². The van der Waals surface area contributed by atoms with Crippen molar-refractivity contribution < 1.29 is 9.90 Å². The Morgan fingerprint density at radius 1 is 1.00 bits per heavy atom. The van der Waals surface area contributed by atoms with Gasteiger partial charge in [-0.1, -0.05) is 25.7 Å². The van der Waals surface area contributed by atoms with E-state index in [1.54, 1.807) is 0 Å². The normalized spacial score (nSPS) is 20.7. The first-order valence-electron chi connectivity index (χ1n) is 9.45. The summed E-state index contributed by atoms with van der Waals surface area (Å²) in [7, 11) is 1.96. The van der Waals surface area contributed by atoms with Crippen molar-refractivity contribution in [2.75, 3.05) is 25.0 Å². The Morgan fingerprint density at radius 2 is 1.58 bits per heavy atom. The van der Waals surface area contributed by atoms with Crippen LogP contribution in [0, 0.1) is 0 Å². The summed E-state index contributed by atoms with van der Waals surface area (Å²) in [6.45, 7) is 1.77. The maximum atomic E-state index is 12.8. The summed E-state index contributed by atoms with van der Waals surface area (Å²) >= 11 is 0. The van der Waals surface area contributed by atoms with Gasteiger partial charge in [-0.25, -0.2) is 0 Å². The van der Waals surface area contributed by atoms with Gasteiger partial charge in [0.25, 0.3) is 5.91 Å². The highest BCUT2D eigenvalue weighted by Gasteiger charge is 2.23. The van der Waals surface area contributed by atoms with Crippen LogP contribution in [0.25, 0.3) is 0 Å². The van der Waals surface area contributed by atoms with Crippen molar-refractivity contribution in [2.24, 2.45) is 0 Å². The number of carbonyl (C=O) groups excluding carboxylic acids is 1. The smallest absolute Gasteiger partial charge is 0.253 e. The molecule has 1 saturated carbocycles. The molecule has 24 heavy (non-hydrogen) atoms. The third-order valence-corrected chi connectivity index (χ3v) is 5.64. The second-order valence-corrected chi connectivity index (χ2v) is 7.33. The Morgan fingerprint density at radius 3 is 2.17 bits per heavy atom. The number of benzene rings is 1. The minimum atomic E-state index is -0.157. The molecule has 0 atom stereocenters. The minimum Gasteiger partial charge on any atom is -0.393 e. The highest BCUT2D eigenvalue weighted by molar-refractivity contribution is 5.94. The quantitative estimate of drug-likeness (QED) is 0.864. The maximum Gasteiger partial charge on any atom is 0.253 e. The number of anilines is 1.